The minimum absolute atomic E-state index is 0.0807. The Labute approximate surface area is 296 Å². The van der Waals surface area contributed by atoms with Crippen LogP contribution < -0.4 is 4.90 Å². The van der Waals surface area contributed by atoms with Crippen LogP contribution in [0.25, 0.3) is 39.5 Å². The fraction of sp³-hybridized carbons (Fsp3) is 0.143. The Bertz CT molecular complexity index is 2320. The number of rotatable bonds is 6. The van der Waals surface area contributed by atoms with E-state index in [2.05, 4.69) is 189 Å². The molecule has 0 amide bonds. The molecule has 6 aromatic rings. The van der Waals surface area contributed by atoms with Crippen molar-refractivity contribution >= 4 is 17.5 Å². The molecule has 3 aliphatic rings. The van der Waals surface area contributed by atoms with Crippen molar-refractivity contribution < 1.29 is 0 Å². The first-order chi connectivity index (χ1) is 24.5. The van der Waals surface area contributed by atoms with Crippen LogP contribution in [-0.2, 0) is 11.8 Å². The number of fused-ring (bicyclic) bond motifs is 4. The Hall–Kier alpha value is -5.66. The Kier molecular flexibility index (Phi) is 7.50. The van der Waals surface area contributed by atoms with Crippen LogP contribution in [0.1, 0.15) is 60.4 Å². The first-order valence-corrected chi connectivity index (χ1v) is 18.0. The average molecular weight is 644 g/mol. The highest BCUT2D eigenvalue weighted by atomic mass is 15.1. The van der Waals surface area contributed by atoms with Crippen molar-refractivity contribution in [3.8, 4) is 33.4 Å². The molecule has 0 saturated heterocycles. The number of allylic oxidation sites excluding steroid dienone is 4. The predicted octanol–water partition coefficient (Wildman–Crippen LogP) is 13.1. The van der Waals surface area contributed by atoms with E-state index in [4.69, 9.17) is 0 Å². The van der Waals surface area contributed by atoms with E-state index in [0.717, 1.165) is 19.3 Å². The lowest BCUT2D eigenvalue weighted by Crippen LogP contribution is -2.19. The maximum absolute atomic E-state index is 2.48. The zero-order chi connectivity index (χ0) is 33.7. The Morgan fingerprint density at radius 2 is 1.30 bits per heavy atom. The van der Waals surface area contributed by atoms with E-state index in [-0.39, 0.29) is 5.41 Å². The summed E-state index contributed by atoms with van der Waals surface area (Å²) in [6.07, 6.45) is 14.9. The molecule has 0 heterocycles. The number of anilines is 2. The molecule has 0 bridgehead atoms. The molecule has 1 heteroatoms. The molecule has 1 atom stereocenters. The monoisotopic (exact) mass is 643 g/mol. The van der Waals surface area contributed by atoms with Crippen molar-refractivity contribution in [2.75, 3.05) is 4.90 Å². The predicted molar refractivity (Wildman–Crippen MR) is 212 cm³/mol. The second-order valence-electron chi connectivity index (χ2n) is 14.4. The molecule has 1 unspecified atom stereocenters. The summed E-state index contributed by atoms with van der Waals surface area (Å²) in [5.74, 6) is 0.371. The van der Waals surface area contributed by atoms with E-state index in [1.165, 1.54) is 78.3 Å². The van der Waals surface area contributed by atoms with Crippen molar-refractivity contribution in [1.29, 1.82) is 0 Å². The molecule has 0 aliphatic heterocycles. The normalized spacial score (nSPS) is 16.7. The highest BCUT2D eigenvalue weighted by Crippen LogP contribution is 2.51. The van der Waals surface area contributed by atoms with E-state index in [1.54, 1.807) is 0 Å². The molecule has 3 aliphatic carbocycles. The van der Waals surface area contributed by atoms with Crippen molar-refractivity contribution in [3.05, 3.63) is 197 Å². The van der Waals surface area contributed by atoms with Gasteiger partial charge in [0.05, 0.1) is 0 Å². The molecule has 1 nitrogen and oxygen atoms in total. The van der Waals surface area contributed by atoms with Gasteiger partial charge in [0.2, 0.25) is 0 Å². The van der Waals surface area contributed by atoms with Crippen LogP contribution in [0, 0.1) is 0 Å². The maximum atomic E-state index is 2.48. The van der Waals surface area contributed by atoms with Crippen molar-refractivity contribution in [2.45, 2.75) is 44.4 Å². The van der Waals surface area contributed by atoms with Crippen molar-refractivity contribution in [1.82, 2.24) is 0 Å². The van der Waals surface area contributed by atoms with Crippen molar-refractivity contribution in [3.63, 3.8) is 0 Å². The SMILES string of the molecule is CC1(C)c2ccccc2-c2ccc(N(C3=CCC(c4ccccc4)C=C3)c3ccc(-c4ccccc4)c(-c4ccc5c(c4)CCC=C5)c3)cc21. The van der Waals surface area contributed by atoms with E-state index >= 15 is 0 Å². The first-order valence-electron chi connectivity index (χ1n) is 18.0. The summed E-state index contributed by atoms with van der Waals surface area (Å²) >= 11 is 0. The summed E-state index contributed by atoms with van der Waals surface area (Å²) in [5.41, 5.74) is 18.1. The summed E-state index contributed by atoms with van der Waals surface area (Å²) in [6, 6.07) is 51.9. The lowest BCUT2D eigenvalue weighted by Gasteiger charge is -2.31. The van der Waals surface area contributed by atoms with Gasteiger partial charge in [0.25, 0.3) is 0 Å². The minimum Gasteiger partial charge on any atom is -0.311 e. The van der Waals surface area contributed by atoms with Crippen LogP contribution in [0.4, 0.5) is 11.4 Å². The zero-order valence-corrected chi connectivity index (χ0v) is 28.8. The van der Waals surface area contributed by atoms with Gasteiger partial charge < -0.3 is 4.90 Å². The topological polar surface area (TPSA) is 3.24 Å². The largest absolute Gasteiger partial charge is 0.311 e. The smallest absolute Gasteiger partial charge is 0.0468 e. The van der Waals surface area contributed by atoms with Gasteiger partial charge in [-0.1, -0.05) is 153 Å². The Morgan fingerprint density at radius 1 is 0.580 bits per heavy atom. The van der Waals surface area contributed by atoms with Crippen molar-refractivity contribution in [2.24, 2.45) is 0 Å². The van der Waals surface area contributed by atoms with E-state index in [1.807, 2.05) is 0 Å². The fourth-order valence-electron chi connectivity index (χ4n) is 8.38. The molecule has 9 rings (SSSR count). The number of aryl methyl sites for hydroxylation is 1. The molecular weight excluding hydrogens is 603 g/mol. The minimum atomic E-state index is -0.0807. The number of hydrogen-bond acceptors (Lipinski definition) is 1. The van der Waals surface area contributed by atoms with E-state index < -0.39 is 0 Å². The van der Waals surface area contributed by atoms with Gasteiger partial charge in [0, 0.05) is 28.4 Å². The fourth-order valence-corrected chi connectivity index (χ4v) is 8.38. The summed E-state index contributed by atoms with van der Waals surface area (Å²) in [6.45, 7) is 4.74. The molecule has 0 spiro atoms. The van der Waals surface area contributed by atoms with Gasteiger partial charge in [0.1, 0.15) is 0 Å². The first kappa shape index (κ1) is 30.4. The maximum Gasteiger partial charge on any atom is 0.0468 e. The van der Waals surface area contributed by atoms with Gasteiger partial charge in [-0.25, -0.2) is 0 Å². The van der Waals surface area contributed by atoms with E-state index in [9.17, 15) is 0 Å². The molecule has 0 radical (unpaired) electrons. The second-order valence-corrected chi connectivity index (χ2v) is 14.4. The third-order valence-electron chi connectivity index (χ3n) is 11.1. The summed E-state index contributed by atoms with van der Waals surface area (Å²) in [5, 5.41) is 0. The molecule has 6 aromatic carbocycles. The third kappa shape index (κ3) is 5.26. The van der Waals surface area contributed by atoms with Crippen LogP contribution in [0.15, 0.2) is 170 Å². The Morgan fingerprint density at radius 3 is 2.10 bits per heavy atom. The number of hydrogen-bond donors (Lipinski definition) is 0. The number of benzene rings is 6. The summed E-state index contributed by atoms with van der Waals surface area (Å²) < 4.78 is 0. The van der Waals surface area contributed by atoms with Crippen LogP contribution in [-0.4, -0.2) is 0 Å². The summed E-state index contributed by atoms with van der Waals surface area (Å²) in [4.78, 5) is 2.48. The third-order valence-corrected chi connectivity index (χ3v) is 11.1. The molecule has 0 aromatic heterocycles. The zero-order valence-electron chi connectivity index (χ0n) is 28.8. The van der Waals surface area contributed by atoms with Gasteiger partial charge in [-0.05, 0) is 111 Å². The average Bonchev–Trinajstić information content (AvgIpc) is 3.41. The quantitative estimate of drug-likeness (QED) is 0.175. The molecule has 242 valence electrons. The van der Waals surface area contributed by atoms with Crippen LogP contribution in [0.2, 0.25) is 0 Å². The standard InChI is InChI=1S/C49H41N/c1-49(2)47-20-12-11-19-44(47)45-30-28-42(33-48(45)49)50(40-25-23-36(24-26-40)34-13-5-3-6-14-34)41-27-29-43(37-16-7-4-8-17-37)46(32-41)39-22-21-35-15-9-10-18-38(35)31-39/h3-9,11-17,19-23,25-33,36H,10,18,24H2,1-2H3. The molecular formula is C49H41N. The lowest BCUT2D eigenvalue weighted by atomic mass is 9.82. The van der Waals surface area contributed by atoms with Gasteiger partial charge in [-0.3, -0.25) is 0 Å². The molecule has 50 heavy (non-hydrogen) atoms. The van der Waals surface area contributed by atoms with Gasteiger partial charge in [-0.2, -0.15) is 0 Å². The number of nitrogens with zero attached hydrogens (tertiary/aromatic N) is 1. The van der Waals surface area contributed by atoms with Gasteiger partial charge in [0.15, 0.2) is 0 Å². The highest BCUT2D eigenvalue weighted by Gasteiger charge is 2.36. The molecule has 0 fully saturated rings. The second kappa shape index (κ2) is 12.3. The van der Waals surface area contributed by atoms with Crippen LogP contribution in [0.3, 0.4) is 0 Å². The Balaban J connectivity index is 1.21. The molecule has 0 saturated carbocycles. The van der Waals surface area contributed by atoms with Crippen LogP contribution >= 0.6 is 0 Å². The molecule has 0 N–H and O–H groups in total. The van der Waals surface area contributed by atoms with Gasteiger partial charge >= 0.3 is 0 Å². The van der Waals surface area contributed by atoms with E-state index in [0.29, 0.717) is 5.92 Å². The van der Waals surface area contributed by atoms with Gasteiger partial charge in [-0.15, -0.1) is 0 Å². The van der Waals surface area contributed by atoms with Crippen LogP contribution in [0.5, 0.6) is 0 Å². The highest BCUT2D eigenvalue weighted by molar-refractivity contribution is 5.89. The summed E-state index contributed by atoms with van der Waals surface area (Å²) in [7, 11) is 0. The lowest BCUT2D eigenvalue weighted by molar-refractivity contribution is 0.660.